The molecule has 0 radical (unpaired) electrons. The molecule has 1 aromatic rings. The Balaban J connectivity index is 1.85. The summed E-state index contributed by atoms with van der Waals surface area (Å²) >= 11 is 0. The van der Waals surface area contributed by atoms with Gasteiger partial charge in [0.25, 0.3) is 0 Å². The second-order valence-electron chi connectivity index (χ2n) is 5.35. The first-order valence-electron chi connectivity index (χ1n) is 7.61. The lowest BCUT2D eigenvalue weighted by Crippen LogP contribution is -2.43. The SMILES string of the molecule is COCCCNC(=O)N[C@H]1CC(=O)N(c2cccc(OC)c2)C1. The zero-order chi connectivity index (χ0) is 16.7. The van der Waals surface area contributed by atoms with Gasteiger partial charge in [-0.3, -0.25) is 4.79 Å². The van der Waals surface area contributed by atoms with Crippen LogP contribution in [0.3, 0.4) is 0 Å². The molecule has 126 valence electrons. The van der Waals surface area contributed by atoms with Crippen LogP contribution in [0.4, 0.5) is 10.5 Å². The van der Waals surface area contributed by atoms with E-state index in [4.69, 9.17) is 9.47 Å². The van der Waals surface area contributed by atoms with E-state index in [1.807, 2.05) is 24.3 Å². The summed E-state index contributed by atoms with van der Waals surface area (Å²) in [5.41, 5.74) is 0.777. The molecule has 2 rings (SSSR count). The zero-order valence-corrected chi connectivity index (χ0v) is 13.5. The second kappa shape index (κ2) is 8.38. The van der Waals surface area contributed by atoms with Crippen LogP contribution in [-0.2, 0) is 9.53 Å². The van der Waals surface area contributed by atoms with E-state index in [1.54, 1.807) is 19.1 Å². The number of nitrogens with zero attached hydrogens (tertiary/aromatic N) is 1. The minimum Gasteiger partial charge on any atom is -0.497 e. The van der Waals surface area contributed by atoms with Crippen LogP contribution >= 0.6 is 0 Å². The number of benzene rings is 1. The lowest BCUT2D eigenvalue weighted by molar-refractivity contribution is -0.117. The van der Waals surface area contributed by atoms with Crippen LogP contribution in [0.5, 0.6) is 5.75 Å². The van der Waals surface area contributed by atoms with Gasteiger partial charge in [-0.2, -0.15) is 0 Å². The van der Waals surface area contributed by atoms with Gasteiger partial charge in [-0.15, -0.1) is 0 Å². The summed E-state index contributed by atoms with van der Waals surface area (Å²) in [5.74, 6) is 0.686. The van der Waals surface area contributed by atoms with Crippen LogP contribution in [0.15, 0.2) is 24.3 Å². The van der Waals surface area contributed by atoms with Crippen LogP contribution in [-0.4, -0.2) is 51.9 Å². The van der Waals surface area contributed by atoms with Crippen LogP contribution in [0.2, 0.25) is 0 Å². The highest BCUT2D eigenvalue weighted by Gasteiger charge is 2.31. The van der Waals surface area contributed by atoms with Crippen molar-refractivity contribution in [2.24, 2.45) is 0 Å². The van der Waals surface area contributed by atoms with Gasteiger partial charge in [-0.1, -0.05) is 6.07 Å². The van der Waals surface area contributed by atoms with Gasteiger partial charge in [0.15, 0.2) is 0 Å². The lowest BCUT2D eigenvalue weighted by atomic mass is 10.2. The highest BCUT2D eigenvalue weighted by molar-refractivity contribution is 5.97. The van der Waals surface area contributed by atoms with Gasteiger partial charge in [0.2, 0.25) is 5.91 Å². The van der Waals surface area contributed by atoms with Crippen molar-refractivity contribution >= 4 is 17.6 Å². The van der Waals surface area contributed by atoms with Gasteiger partial charge in [-0.05, 0) is 18.6 Å². The maximum atomic E-state index is 12.2. The van der Waals surface area contributed by atoms with Gasteiger partial charge in [0.05, 0.1) is 13.2 Å². The van der Waals surface area contributed by atoms with E-state index in [2.05, 4.69) is 10.6 Å². The first-order chi connectivity index (χ1) is 11.1. The Labute approximate surface area is 135 Å². The topological polar surface area (TPSA) is 79.9 Å². The molecule has 0 aromatic heterocycles. The third kappa shape index (κ3) is 4.85. The van der Waals surface area contributed by atoms with Crippen LogP contribution in [0.25, 0.3) is 0 Å². The second-order valence-corrected chi connectivity index (χ2v) is 5.35. The normalized spacial score (nSPS) is 17.2. The fraction of sp³-hybridized carbons (Fsp3) is 0.500. The monoisotopic (exact) mass is 321 g/mol. The predicted molar refractivity (Wildman–Crippen MR) is 86.8 cm³/mol. The average Bonchev–Trinajstić information content (AvgIpc) is 2.92. The number of nitrogens with one attached hydrogen (secondary N) is 2. The number of hydrogen-bond acceptors (Lipinski definition) is 4. The fourth-order valence-electron chi connectivity index (χ4n) is 2.49. The highest BCUT2D eigenvalue weighted by Crippen LogP contribution is 2.25. The summed E-state index contributed by atoms with van der Waals surface area (Å²) in [6, 6.07) is 6.87. The van der Waals surface area contributed by atoms with Crippen LogP contribution < -0.4 is 20.3 Å². The fourth-order valence-corrected chi connectivity index (χ4v) is 2.49. The van der Waals surface area contributed by atoms with E-state index in [0.29, 0.717) is 31.9 Å². The van der Waals surface area contributed by atoms with E-state index >= 15 is 0 Å². The summed E-state index contributed by atoms with van der Waals surface area (Å²) in [5, 5.41) is 5.58. The molecule has 0 saturated carbocycles. The van der Waals surface area contributed by atoms with E-state index in [-0.39, 0.29) is 18.0 Å². The summed E-state index contributed by atoms with van der Waals surface area (Å²) in [6.07, 6.45) is 1.05. The minimum absolute atomic E-state index is 0.0112. The number of urea groups is 1. The molecule has 0 aliphatic carbocycles. The highest BCUT2D eigenvalue weighted by atomic mass is 16.5. The van der Waals surface area contributed by atoms with Crippen molar-refractivity contribution in [3.8, 4) is 5.75 Å². The summed E-state index contributed by atoms with van der Waals surface area (Å²) < 4.78 is 10.1. The maximum Gasteiger partial charge on any atom is 0.315 e. The number of methoxy groups -OCH3 is 2. The Kier molecular flexibility index (Phi) is 6.22. The number of carbonyl (C=O) groups is 2. The average molecular weight is 321 g/mol. The number of ether oxygens (including phenoxy) is 2. The molecule has 1 aliphatic rings. The molecular formula is C16H23N3O4. The molecule has 7 heteroatoms. The molecule has 2 N–H and O–H groups in total. The van der Waals surface area contributed by atoms with Gasteiger partial charge >= 0.3 is 6.03 Å². The molecule has 7 nitrogen and oxygen atoms in total. The molecule has 1 heterocycles. The first-order valence-corrected chi connectivity index (χ1v) is 7.61. The largest absolute Gasteiger partial charge is 0.497 e. The molecule has 23 heavy (non-hydrogen) atoms. The number of rotatable bonds is 7. The molecule has 0 spiro atoms. The van der Waals surface area contributed by atoms with Crippen molar-refractivity contribution < 1.29 is 19.1 Å². The molecule has 0 unspecified atom stereocenters. The van der Waals surface area contributed by atoms with Crippen molar-refractivity contribution in [3.63, 3.8) is 0 Å². The summed E-state index contributed by atoms with van der Waals surface area (Å²) in [4.78, 5) is 25.6. The molecular weight excluding hydrogens is 298 g/mol. The van der Waals surface area contributed by atoms with Crippen LogP contribution in [0, 0.1) is 0 Å². The minimum atomic E-state index is -0.258. The number of amides is 3. The predicted octanol–water partition coefficient (Wildman–Crippen LogP) is 1.14. The van der Waals surface area contributed by atoms with Gasteiger partial charge in [0.1, 0.15) is 5.75 Å². The zero-order valence-electron chi connectivity index (χ0n) is 13.5. The Morgan fingerprint density at radius 3 is 2.96 bits per heavy atom. The van der Waals surface area contributed by atoms with Gasteiger partial charge < -0.3 is 25.0 Å². The summed E-state index contributed by atoms with van der Waals surface area (Å²) in [6.45, 7) is 1.60. The van der Waals surface area contributed by atoms with Gasteiger partial charge in [-0.25, -0.2) is 4.79 Å². The van der Waals surface area contributed by atoms with Crippen molar-refractivity contribution in [3.05, 3.63) is 24.3 Å². The standard InChI is InChI=1S/C16H23N3O4/c1-22-8-4-7-17-16(21)18-12-9-15(20)19(11-12)13-5-3-6-14(10-13)23-2/h3,5-6,10,12H,4,7-9,11H2,1-2H3,(H2,17,18,21)/t12-/m0/s1. The first kappa shape index (κ1) is 17.1. The van der Waals surface area contributed by atoms with E-state index in [1.165, 1.54) is 0 Å². The third-order valence-electron chi connectivity index (χ3n) is 3.64. The van der Waals surface area contributed by atoms with E-state index in [9.17, 15) is 9.59 Å². The maximum absolute atomic E-state index is 12.2. The molecule has 3 amide bonds. The quantitative estimate of drug-likeness (QED) is 0.738. The number of anilines is 1. The molecule has 1 saturated heterocycles. The lowest BCUT2D eigenvalue weighted by Gasteiger charge is -2.18. The Hall–Kier alpha value is -2.28. The van der Waals surface area contributed by atoms with Crippen molar-refractivity contribution in [1.82, 2.24) is 10.6 Å². The Bertz CT molecular complexity index is 550. The Morgan fingerprint density at radius 2 is 2.22 bits per heavy atom. The van der Waals surface area contributed by atoms with E-state index < -0.39 is 0 Å². The molecule has 1 aromatic carbocycles. The smallest absolute Gasteiger partial charge is 0.315 e. The Morgan fingerprint density at radius 1 is 1.39 bits per heavy atom. The number of carbonyl (C=O) groups excluding carboxylic acids is 2. The van der Waals surface area contributed by atoms with Crippen LogP contribution in [0.1, 0.15) is 12.8 Å². The van der Waals surface area contributed by atoms with Crippen molar-refractivity contribution in [2.45, 2.75) is 18.9 Å². The van der Waals surface area contributed by atoms with Crippen molar-refractivity contribution in [1.29, 1.82) is 0 Å². The van der Waals surface area contributed by atoms with E-state index in [0.717, 1.165) is 12.1 Å². The number of hydrogen-bond donors (Lipinski definition) is 2. The molecule has 0 bridgehead atoms. The van der Waals surface area contributed by atoms with Crippen molar-refractivity contribution in [2.75, 3.05) is 38.8 Å². The van der Waals surface area contributed by atoms with Gasteiger partial charge in [0, 0.05) is 45.0 Å². The molecule has 1 atom stereocenters. The summed E-state index contributed by atoms with van der Waals surface area (Å²) in [7, 11) is 3.21. The molecule has 1 fully saturated rings. The molecule has 1 aliphatic heterocycles. The third-order valence-corrected chi connectivity index (χ3v) is 3.64.